The lowest BCUT2D eigenvalue weighted by atomic mass is 10.3. The summed E-state index contributed by atoms with van der Waals surface area (Å²) in [7, 11) is 1.14. The Morgan fingerprint density at radius 3 is 2.72 bits per heavy atom. The summed E-state index contributed by atoms with van der Waals surface area (Å²) in [5, 5.41) is 14.5. The molecule has 0 aliphatic carbocycles. The van der Waals surface area contributed by atoms with E-state index in [9.17, 15) is 9.59 Å². The van der Waals surface area contributed by atoms with Crippen molar-refractivity contribution in [3.8, 4) is 0 Å². The molecular weight excluding hydrogens is 259 g/mol. The van der Waals surface area contributed by atoms with E-state index >= 15 is 0 Å². The summed E-state index contributed by atoms with van der Waals surface area (Å²) in [5.41, 5.74) is -0.257. The number of aromatic nitrogens is 1. The summed E-state index contributed by atoms with van der Waals surface area (Å²) in [6.45, 7) is 4.97. The first-order valence-electron chi connectivity index (χ1n) is 4.63. The summed E-state index contributed by atoms with van der Waals surface area (Å²) in [5.74, 6) is -2.57. The second-order valence-corrected chi connectivity index (χ2v) is 4.07. The van der Waals surface area contributed by atoms with Crippen molar-refractivity contribution in [2.24, 2.45) is 5.16 Å². The fourth-order valence-corrected chi connectivity index (χ4v) is 1.52. The van der Waals surface area contributed by atoms with Crippen molar-refractivity contribution >= 4 is 37.0 Å². The number of nitrogens with zero attached hydrogens (tertiary/aromatic N) is 2. The van der Waals surface area contributed by atoms with Crippen molar-refractivity contribution in [3.05, 3.63) is 28.4 Å². The number of aryl methyl sites for hydroxylation is 1. The molecule has 0 aliphatic heterocycles. The molecule has 0 bridgehead atoms. The molecule has 94 valence electrons. The van der Waals surface area contributed by atoms with E-state index in [2.05, 4.69) is 26.2 Å². The molecule has 0 aromatic carbocycles. The molecule has 0 radical (unpaired) electrons. The quantitative estimate of drug-likeness (QED) is 0.262. The topological polar surface area (TPSA) is 98.1 Å². The minimum atomic E-state index is -1.32. The summed E-state index contributed by atoms with van der Waals surface area (Å²) in [4.78, 5) is 30.5. The molecule has 0 saturated heterocycles. The largest absolute Gasteiger partial charge is 0.538 e. The molecular formula is C9H9BN2O5S. The highest BCUT2D eigenvalue weighted by atomic mass is 32.1. The Labute approximate surface area is 107 Å². The summed E-state index contributed by atoms with van der Waals surface area (Å²) in [6.07, 6.45) is 0. The van der Waals surface area contributed by atoms with E-state index in [1.807, 2.05) is 0 Å². The van der Waals surface area contributed by atoms with E-state index in [4.69, 9.17) is 5.11 Å². The van der Waals surface area contributed by atoms with E-state index in [1.165, 1.54) is 16.7 Å². The molecule has 9 heteroatoms. The Kier molecular flexibility index (Phi) is 4.61. The average Bonchev–Trinajstić information content (AvgIpc) is 2.74. The van der Waals surface area contributed by atoms with Crippen molar-refractivity contribution in [3.63, 3.8) is 0 Å². The Morgan fingerprint density at radius 1 is 1.61 bits per heavy atom. The van der Waals surface area contributed by atoms with Crippen LogP contribution in [0.5, 0.6) is 0 Å². The van der Waals surface area contributed by atoms with Crippen LogP contribution < -0.4 is 0 Å². The van der Waals surface area contributed by atoms with Crippen molar-refractivity contribution < 1.29 is 24.2 Å². The van der Waals surface area contributed by atoms with Gasteiger partial charge in [-0.25, -0.2) is 14.6 Å². The van der Waals surface area contributed by atoms with E-state index in [-0.39, 0.29) is 5.69 Å². The van der Waals surface area contributed by atoms with Crippen LogP contribution >= 0.6 is 11.3 Å². The standard InChI is InChI=1S/C9H9BN2O5S/c1-4(9(15)16-10)17-12-7(8(13)14)6-3-18-5(2)11-6/h3H,1,10H2,2H3,(H,13,14)/b12-7-. The first-order valence-corrected chi connectivity index (χ1v) is 5.51. The number of thiazole rings is 1. The van der Waals surface area contributed by atoms with Crippen molar-refractivity contribution in [2.45, 2.75) is 6.92 Å². The van der Waals surface area contributed by atoms with E-state index in [0.29, 0.717) is 5.01 Å². The normalized spacial score (nSPS) is 10.8. The molecule has 18 heavy (non-hydrogen) atoms. The van der Waals surface area contributed by atoms with Gasteiger partial charge in [0.2, 0.25) is 11.5 Å². The van der Waals surface area contributed by atoms with Gasteiger partial charge >= 0.3 is 20.0 Å². The number of carbonyl (C=O) groups excluding carboxylic acids is 1. The van der Waals surface area contributed by atoms with Crippen LogP contribution in [0.1, 0.15) is 10.7 Å². The predicted octanol–water partition coefficient (Wildman–Crippen LogP) is -0.138. The zero-order valence-corrected chi connectivity index (χ0v) is 10.5. The van der Waals surface area contributed by atoms with E-state index in [1.54, 1.807) is 6.92 Å². The number of carboxylic acids is 1. The number of rotatable bonds is 5. The Hall–Kier alpha value is -2.16. The molecule has 0 amide bonds. The number of carboxylic acid groups (broad SMARTS) is 1. The fraction of sp³-hybridized carbons (Fsp3) is 0.111. The van der Waals surface area contributed by atoms with Gasteiger partial charge in [-0.3, -0.25) is 0 Å². The van der Waals surface area contributed by atoms with Crippen LogP contribution in [0.25, 0.3) is 0 Å². The second-order valence-electron chi connectivity index (χ2n) is 3.00. The maximum absolute atomic E-state index is 11.0. The highest BCUT2D eigenvalue weighted by molar-refractivity contribution is 7.09. The SMILES string of the molecule is BOC(=O)C(=C)O/N=C(\C(=O)O)c1csc(C)n1. The third-order valence-electron chi connectivity index (χ3n) is 1.72. The molecule has 0 aliphatic rings. The lowest BCUT2D eigenvalue weighted by molar-refractivity contribution is -0.134. The first-order chi connectivity index (χ1) is 8.45. The molecule has 7 nitrogen and oxygen atoms in total. The number of aliphatic carboxylic acids is 1. The monoisotopic (exact) mass is 268 g/mol. The summed E-state index contributed by atoms with van der Waals surface area (Å²) in [6, 6.07) is 0. The van der Waals surface area contributed by atoms with Gasteiger partial charge < -0.3 is 14.6 Å². The van der Waals surface area contributed by atoms with Crippen molar-refractivity contribution in [1.29, 1.82) is 0 Å². The molecule has 0 spiro atoms. The maximum Gasteiger partial charge on any atom is 0.360 e. The zero-order chi connectivity index (χ0) is 13.7. The van der Waals surface area contributed by atoms with E-state index < -0.39 is 23.4 Å². The predicted molar refractivity (Wildman–Crippen MR) is 65.9 cm³/mol. The van der Waals surface area contributed by atoms with Crippen LogP contribution in [0.2, 0.25) is 0 Å². The minimum Gasteiger partial charge on any atom is -0.538 e. The highest BCUT2D eigenvalue weighted by Gasteiger charge is 2.18. The van der Waals surface area contributed by atoms with Crippen LogP contribution in [0, 0.1) is 6.92 Å². The number of hydrogen-bond donors (Lipinski definition) is 1. The van der Waals surface area contributed by atoms with E-state index in [0.717, 1.165) is 8.05 Å². The van der Waals surface area contributed by atoms with Gasteiger partial charge in [0.15, 0.2) is 0 Å². The highest BCUT2D eigenvalue weighted by Crippen LogP contribution is 2.10. The second kappa shape index (κ2) is 5.96. The van der Waals surface area contributed by atoms with Gasteiger partial charge in [-0.05, 0) is 13.5 Å². The maximum atomic E-state index is 11.0. The molecule has 1 rings (SSSR count). The minimum absolute atomic E-state index is 0.155. The third kappa shape index (κ3) is 3.42. The summed E-state index contributed by atoms with van der Waals surface area (Å²) >= 11 is 1.27. The van der Waals surface area contributed by atoms with Gasteiger partial charge in [-0.1, -0.05) is 5.16 Å². The molecule has 1 N–H and O–H groups in total. The van der Waals surface area contributed by atoms with Crippen LogP contribution in [-0.4, -0.2) is 35.8 Å². The van der Waals surface area contributed by atoms with Crippen LogP contribution in [0.3, 0.4) is 0 Å². The third-order valence-corrected chi connectivity index (χ3v) is 2.50. The Bertz CT molecular complexity index is 525. The number of oxime groups is 1. The molecule has 0 saturated carbocycles. The lowest BCUT2D eigenvalue weighted by Gasteiger charge is -2.01. The Morgan fingerprint density at radius 2 is 2.28 bits per heavy atom. The lowest BCUT2D eigenvalue weighted by Crippen LogP contribution is -2.16. The molecule has 0 fully saturated rings. The number of hydrogen-bond acceptors (Lipinski definition) is 7. The van der Waals surface area contributed by atoms with Crippen molar-refractivity contribution in [2.75, 3.05) is 0 Å². The van der Waals surface area contributed by atoms with Gasteiger partial charge in [0, 0.05) is 5.38 Å². The summed E-state index contributed by atoms with van der Waals surface area (Å²) < 4.78 is 4.32. The van der Waals surface area contributed by atoms with Gasteiger partial charge in [0.1, 0.15) is 5.69 Å². The van der Waals surface area contributed by atoms with Gasteiger partial charge in [0.05, 0.1) is 5.01 Å². The van der Waals surface area contributed by atoms with Crippen LogP contribution in [-0.2, 0) is 19.1 Å². The van der Waals surface area contributed by atoms with Crippen LogP contribution in [0.4, 0.5) is 0 Å². The average molecular weight is 268 g/mol. The van der Waals surface area contributed by atoms with Gasteiger partial charge in [-0.15, -0.1) is 11.3 Å². The molecule has 1 aromatic heterocycles. The van der Waals surface area contributed by atoms with Crippen molar-refractivity contribution in [1.82, 2.24) is 4.98 Å². The zero-order valence-electron chi connectivity index (χ0n) is 9.67. The number of carbonyl (C=O) groups is 2. The van der Waals surface area contributed by atoms with Crippen LogP contribution in [0.15, 0.2) is 22.9 Å². The van der Waals surface area contributed by atoms with Gasteiger partial charge in [-0.2, -0.15) is 0 Å². The fourth-order valence-electron chi connectivity index (χ4n) is 0.919. The molecule has 0 unspecified atom stereocenters. The van der Waals surface area contributed by atoms with Gasteiger partial charge in [0.25, 0.3) is 0 Å². The first kappa shape index (κ1) is 13.9. The molecule has 0 atom stereocenters. The molecule has 1 aromatic rings. The Balaban J connectivity index is 2.90. The smallest absolute Gasteiger partial charge is 0.360 e. The molecule has 1 heterocycles.